The molecule has 0 atom stereocenters. The van der Waals surface area contributed by atoms with E-state index in [1.54, 1.807) is 6.92 Å². The van der Waals surface area contributed by atoms with Gasteiger partial charge in [-0.1, -0.05) is 31.4 Å². The molecule has 0 fully saturated rings. The van der Waals surface area contributed by atoms with E-state index < -0.39 is 0 Å². The highest BCUT2D eigenvalue weighted by atomic mass is 16.1. The third-order valence-electron chi connectivity index (χ3n) is 1.83. The second-order valence-electron chi connectivity index (χ2n) is 3.43. The second-order valence-corrected chi connectivity index (χ2v) is 3.43. The number of hydrogen-bond donors (Lipinski definition) is 0. The van der Waals surface area contributed by atoms with Crippen LogP contribution in [0.15, 0.2) is 11.6 Å². The Bertz CT molecular complexity index is 156. The number of unbranched alkanes of at least 4 members (excludes halogenated alkanes) is 3. The Kier molecular flexibility index (Phi) is 6.73. The first-order valence-corrected chi connectivity index (χ1v) is 4.82. The Morgan fingerprint density at radius 1 is 1.25 bits per heavy atom. The average Bonchev–Trinajstić information content (AvgIpc) is 1.97. The van der Waals surface area contributed by atoms with Crippen molar-refractivity contribution in [2.75, 3.05) is 0 Å². The number of carbonyl (C=O) groups excluding carboxylic acids is 1. The van der Waals surface area contributed by atoms with Gasteiger partial charge in [-0.25, -0.2) is 0 Å². The van der Waals surface area contributed by atoms with Crippen LogP contribution in [0.25, 0.3) is 0 Å². The molecule has 0 radical (unpaired) electrons. The second kappa shape index (κ2) is 7.08. The molecule has 70 valence electrons. The number of Topliss-reactive ketones (excluding diaryl/α,β-unsaturated/α-hetero) is 1. The molecule has 0 saturated heterocycles. The normalized spacial score (nSPS) is 11.8. The summed E-state index contributed by atoms with van der Waals surface area (Å²) in [6.07, 6.45) is 7.77. The highest BCUT2D eigenvalue weighted by Gasteiger charge is 1.93. The quantitative estimate of drug-likeness (QED) is 0.438. The van der Waals surface area contributed by atoms with E-state index in [1.807, 2.05) is 6.92 Å². The molecule has 0 unspecified atom stereocenters. The van der Waals surface area contributed by atoms with Crippen LogP contribution in [0.2, 0.25) is 0 Å². The first-order chi connectivity index (χ1) is 5.66. The molecule has 0 saturated carbocycles. The molecule has 0 aromatic carbocycles. The van der Waals surface area contributed by atoms with Gasteiger partial charge < -0.3 is 0 Å². The standard InChI is InChI=1S/C11H20O/c1-4-5-6-7-8-10(2)9-11(3)12/h8H,4-7,9H2,1-3H3/b10-8-. The molecule has 0 aromatic heterocycles. The summed E-state index contributed by atoms with van der Waals surface area (Å²) < 4.78 is 0. The van der Waals surface area contributed by atoms with Crippen LogP contribution in [0.3, 0.4) is 0 Å². The molecular weight excluding hydrogens is 148 g/mol. The van der Waals surface area contributed by atoms with Gasteiger partial charge in [0.15, 0.2) is 0 Å². The molecule has 0 bridgehead atoms. The average molecular weight is 168 g/mol. The fraction of sp³-hybridized carbons (Fsp3) is 0.727. The number of allylic oxidation sites excluding steroid dienone is 2. The van der Waals surface area contributed by atoms with Gasteiger partial charge in [-0.15, -0.1) is 0 Å². The van der Waals surface area contributed by atoms with Gasteiger partial charge in [-0.2, -0.15) is 0 Å². The number of rotatable bonds is 6. The molecule has 1 nitrogen and oxygen atoms in total. The lowest BCUT2D eigenvalue weighted by atomic mass is 10.1. The van der Waals surface area contributed by atoms with Crippen LogP contribution in [-0.2, 0) is 4.79 Å². The zero-order valence-electron chi connectivity index (χ0n) is 8.52. The van der Waals surface area contributed by atoms with Crippen molar-refractivity contribution in [1.82, 2.24) is 0 Å². The summed E-state index contributed by atoms with van der Waals surface area (Å²) in [6.45, 7) is 5.88. The van der Waals surface area contributed by atoms with Crippen molar-refractivity contribution < 1.29 is 4.79 Å². The maximum absolute atomic E-state index is 10.7. The van der Waals surface area contributed by atoms with Crippen molar-refractivity contribution in [1.29, 1.82) is 0 Å². The van der Waals surface area contributed by atoms with E-state index in [0.29, 0.717) is 6.42 Å². The lowest BCUT2D eigenvalue weighted by Gasteiger charge is -1.97. The number of ketones is 1. The Morgan fingerprint density at radius 2 is 1.92 bits per heavy atom. The predicted molar refractivity (Wildman–Crippen MR) is 53.2 cm³/mol. The van der Waals surface area contributed by atoms with Gasteiger partial charge in [-0.3, -0.25) is 4.79 Å². The molecule has 0 N–H and O–H groups in total. The molecule has 12 heavy (non-hydrogen) atoms. The van der Waals surface area contributed by atoms with Crippen LogP contribution in [-0.4, -0.2) is 5.78 Å². The maximum atomic E-state index is 10.7. The first kappa shape index (κ1) is 11.4. The summed E-state index contributed by atoms with van der Waals surface area (Å²) in [5.74, 6) is 0.263. The molecule has 0 aliphatic carbocycles. The van der Waals surface area contributed by atoms with E-state index in [-0.39, 0.29) is 5.78 Å². The zero-order chi connectivity index (χ0) is 9.40. The summed E-state index contributed by atoms with van der Waals surface area (Å²) in [5.41, 5.74) is 1.22. The summed E-state index contributed by atoms with van der Waals surface area (Å²) in [4.78, 5) is 10.7. The van der Waals surface area contributed by atoms with Crippen molar-refractivity contribution in [3.8, 4) is 0 Å². The fourth-order valence-electron chi connectivity index (χ4n) is 1.21. The fourth-order valence-corrected chi connectivity index (χ4v) is 1.21. The van der Waals surface area contributed by atoms with Crippen molar-refractivity contribution in [2.45, 2.75) is 52.9 Å². The highest BCUT2D eigenvalue weighted by Crippen LogP contribution is 2.06. The van der Waals surface area contributed by atoms with Gasteiger partial charge in [0.2, 0.25) is 0 Å². The lowest BCUT2D eigenvalue weighted by Crippen LogP contribution is -1.90. The van der Waals surface area contributed by atoms with E-state index in [1.165, 1.54) is 24.8 Å². The first-order valence-electron chi connectivity index (χ1n) is 4.82. The Hall–Kier alpha value is -0.590. The van der Waals surface area contributed by atoms with E-state index in [9.17, 15) is 4.79 Å². The minimum Gasteiger partial charge on any atom is -0.300 e. The summed E-state index contributed by atoms with van der Waals surface area (Å²) in [7, 11) is 0. The van der Waals surface area contributed by atoms with E-state index in [4.69, 9.17) is 0 Å². The molecule has 0 aliphatic heterocycles. The molecular formula is C11H20O. The molecule has 0 amide bonds. The molecule has 0 heterocycles. The van der Waals surface area contributed by atoms with Gasteiger partial charge in [0.05, 0.1) is 0 Å². The number of hydrogen-bond acceptors (Lipinski definition) is 1. The van der Waals surface area contributed by atoms with E-state index in [2.05, 4.69) is 13.0 Å². The van der Waals surface area contributed by atoms with Gasteiger partial charge in [0, 0.05) is 6.42 Å². The molecule has 1 heteroatoms. The van der Waals surface area contributed by atoms with Crippen molar-refractivity contribution in [3.63, 3.8) is 0 Å². The van der Waals surface area contributed by atoms with Crippen molar-refractivity contribution >= 4 is 5.78 Å². The zero-order valence-corrected chi connectivity index (χ0v) is 8.52. The molecule has 0 spiro atoms. The lowest BCUT2D eigenvalue weighted by molar-refractivity contribution is -0.116. The predicted octanol–water partition coefficient (Wildman–Crippen LogP) is 3.49. The van der Waals surface area contributed by atoms with Crippen LogP contribution >= 0.6 is 0 Å². The maximum Gasteiger partial charge on any atom is 0.133 e. The van der Waals surface area contributed by atoms with E-state index >= 15 is 0 Å². The van der Waals surface area contributed by atoms with Crippen molar-refractivity contribution in [2.24, 2.45) is 0 Å². The summed E-state index contributed by atoms with van der Waals surface area (Å²) in [5, 5.41) is 0. The van der Waals surface area contributed by atoms with Gasteiger partial charge in [0.25, 0.3) is 0 Å². The smallest absolute Gasteiger partial charge is 0.133 e. The van der Waals surface area contributed by atoms with Crippen LogP contribution in [0.5, 0.6) is 0 Å². The summed E-state index contributed by atoms with van der Waals surface area (Å²) >= 11 is 0. The van der Waals surface area contributed by atoms with E-state index in [0.717, 1.165) is 6.42 Å². The number of carbonyl (C=O) groups is 1. The van der Waals surface area contributed by atoms with Crippen LogP contribution in [0, 0.1) is 0 Å². The van der Waals surface area contributed by atoms with Gasteiger partial charge in [-0.05, 0) is 26.7 Å². The Labute approximate surface area is 75.9 Å². The Morgan fingerprint density at radius 3 is 2.42 bits per heavy atom. The van der Waals surface area contributed by atoms with Crippen LogP contribution in [0.1, 0.15) is 52.9 Å². The third kappa shape index (κ3) is 7.52. The Balaban J connectivity index is 3.48. The topological polar surface area (TPSA) is 17.1 Å². The minimum atomic E-state index is 0.263. The van der Waals surface area contributed by atoms with Crippen molar-refractivity contribution in [3.05, 3.63) is 11.6 Å². The van der Waals surface area contributed by atoms with Gasteiger partial charge >= 0.3 is 0 Å². The SMILES string of the molecule is CCCCC/C=C(/C)CC(C)=O. The molecule has 0 aliphatic rings. The third-order valence-corrected chi connectivity index (χ3v) is 1.83. The minimum absolute atomic E-state index is 0.263. The van der Waals surface area contributed by atoms with Gasteiger partial charge in [0.1, 0.15) is 5.78 Å². The van der Waals surface area contributed by atoms with Crippen LogP contribution in [0.4, 0.5) is 0 Å². The van der Waals surface area contributed by atoms with Crippen LogP contribution < -0.4 is 0 Å². The molecule has 0 aromatic rings. The largest absolute Gasteiger partial charge is 0.300 e. The molecule has 0 rings (SSSR count). The monoisotopic (exact) mass is 168 g/mol. The summed E-state index contributed by atoms with van der Waals surface area (Å²) in [6, 6.07) is 0. The highest BCUT2D eigenvalue weighted by molar-refractivity contribution is 5.77.